The first kappa shape index (κ1) is 29.2. The number of aromatic nitrogens is 2. The van der Waals surface area contributed by atoms with Crippen molar-refractivity contribution in [3.63, 3.8) is 0 Å². The van der Waals surface area contributed by atoms with Crippen molar-refractivity contribution in [2.24, 2.45) is 0 Å². The molecule has 3 rings (SSSR count). The summed E-state index contributed by atoms with van der Waals surface area (Å²) in [4.78, 5) is 43.3. The van der Waals surface area contributed by atoms with E-state index in [1.54, 1.807) is 17.7 Å². The molecule has 0 aliphatic rings. The van der Waals surface area contributed by atoms with Crippen molar-refractivity contribution < 1.29 is 19.6 Å². The quantitative estimate of drug-likeness (QED) is 0.126. The first-order chi connectivity index (χ1) is 17.4. The van der Waals surface area contributed by atoms with Crippen LogP contribution in [0.15, 0.2) is 60.8 Å². The number of hydrogen-bond donors (Lipinski definition) is 5. The van der Waals surface area contributed by atoms with Gasteiger partial charge in [0.15, 0.2) is 0 Å². The molecule has 0 aliphatic carbocycles. The minimum Gasteiger partial charge on any atom is -0.326 e. The lowest BCUT2D eigenvalue weighted by Crippen LogP contribution is -2.17. The van der Waals surface area contributed by atoms with E-state index in [1.165, 1.54) is 6.92 Å². The van der Waals surface area contributed by atoms with Crippen LogP contribution in [0, 0.1) is 0 Å². The Morgan fingerprint density at radius 1 is 0.811 bits per heavy atom. The van der Waals surface area contributed by atoms with Gasteiger partial charge in [-0.2, -0.15) is 0 Å². The number of amides is 3. The summed E-state index contributed by atoms with van der Waals surface area (Å²) in [5.41, 5.74) is 5.32. The summed E-state index contributed by atoms with van der Waals surface area (Å²) < 4.78 is 0. The molecule has 10 nitrogen and oxygen atoms in total. The number of unbranched alkanes of at least 4 members (excludes halogenated alkanes) is 3. The van der Waals surface area contributed by atoms with Crippen LogP contribution in [-0.4, -0.2) is 32.9 Å². The molecule has 0 atom stereocenters. The van der Waals surface area contributed by atoms with E-state index in [2.05, 4.69) is 25.9 Å². The summed E-state index contributed by atoms with van der Waals surface area (Å²) in [6, 6.07) is 16.5. The van der Waals surface area contributed by atoms with Gasteiger partial charge >= 0.3 is 0 Å². The third-order valence-corrected chi connectivity index (χ3v) is 5.24. The van der Waals surface area contributed by atoms with E-state index in [0.717, 1.165) is 36.2 Å². The van der Waals surface area contributed by atoms with Gasteiger partial charge in [-0.1, -0.05) is 31.0 Å². The lowest BCUT2D eigenvalue weighted by Gasteiger charge is -2.10. The summed E-state index contributed by atoms with van der Waals surface area (Å²) in [6.45, 7) is 1.46. The zero-order valence-electron chi connectivity index (χ0n) is 20.5. The fraction of sp³-hybridized carbons (Fsp3) is 0.269. The molecule has 0 aliphatic heterocycles. The fourth-order valence-electron chi connectivity index (χ4n) is 3.52. The van der Waals surface area contributed by atoms with Gasteiger partial charge in [-0.05, 0) is 49.2 Å². The van der Waals surface area contributed by atoms with E-state index >= 15 is 0 Å². The molecule has 0 fully saturated rings. The van der Waals surface area contributed by atoms with Crippen molar-refractivity contribution in [2.45, 2.75) is 45.4 Å². The van der Waals surface area contributed by atoms with Crippen molar-refractivity contribution in [2.75, 3.05) is 16.0 Å². The molecular weight excluding hydrogens is 496 g/mol. The first-order valence-corrected chi connectivity index (χ1v) is 11.7. The number of hydroxylamine groups is 1. The van der Waals surface area contributed by atoms with E-state index in [-0.39, 0.29) is 30.6 Å². The van der Waals surface area contributed by atoms with Gasteiger partial charge in [0, 0.05) is 48.6 Å². The summed E-state index contributed by atoms with van der Waals surface area (Å²) >= 11 is 0. The van der Waals surface area contributed by atoms with Crippen molar-refractivity contribution in [3.8, 4) is 11.3 Å². The average molecular weight is 527 g/mol. The van der Waals surface area contributed by atoms with Crippen LogP contribution in [0.25, 0.3) is 11.3 Å². The van der Waals surface area contributed by atoms with Gasteiger partial charge in [0.05, 0.1) is 5.69 Å². The van der Waals surface area contributed by atoms with Gasteiger partial charge in [0.2, 0.25) is 23.7 Å². The molecule has 0 spiro atoms. The molecule has 5 N–H and O–H groups in total. The van der Waals surface area contributed by atoms with E-state index in [9.17, 15) is 14.4 Å². The lowest BCUT2D eigenvalue weighted by molar-refractivity contribution is -0.129. The Bertz CT molecular complexity index is 1190. The van der Waals surface area contributed by atoms with Crippen LogP contribution in [0.4, 0.5) is 23.0 Å². The number of carbonyl (C=O) groups excluding carboxylic acids is 3. The number of carbonyl (C=O) groups is 3. The van der Waals surface area contributed by atoms with E-state index < -0.39 is 5.91 Å². The number of nitrogens with zero attached hydrogens (tertiary/aromatic N) is 2. The van der Waals surface area contributed by atoms with E-state index in [1.807, 2.05) is 48.5 Å². The molecule has 1 heterocycles. The molecule has 11 heteroatoms. The Labute approximate surface area is 221 Å². The Morgan fingerprint density at radius 2 is 1.49 bits per heavy atom. The molecule has 0 bridgehead atoms. The topological polar surface area (TPSA) is 145 Å². The molecule has 37 heavy (non-hydrogen) atoms. The molecule has 3 amide bonds. The van der Waals surface area contributed by atoms with Crippen LogP contribution in [0.2, 0.25) is 0 Å². The first-order valence-electron chi connectivity index (χ1n) is 11.7. The highest BCUT2D eigenvalue weighted by Gasteiger charge is 2.07. The number of halogens is 1. The summed E-state index contributed by atoms with van der Waals surface area (Å²) in [5.74, 6) is -0.189. The number of nitrogens with one attached hydrogen (secondary N) is 4. The minimum absolute atomic E-state index is 0. The Balaban J connectivity index is 0.00000481. The standard InChI is InChI=1S/C26H30N6O4.ClH/c1-18(33)28-20-13-11-19(12-14-20)23-15-16-27-26(31-23)30-22-8-6-7-21(17-22)29-24(34)9-4-2-3-5-10-25(35)32-36;/h6-8,11-17,36H,2-5,9-10H2,1H3,(H,28,33)(H,29,34)(H,32,35)(H,27,30,31);1H. The summed E-state index contributed by atoms with van der Waals surface area (Å²) in [7, 11) is 0. The maximum Gasteiger partial charge on any atom is 0.243 e. The highest BCUT2D eigenvalue weighted by atomic mass is 35.5. The maximum atomic E-state index is 12.3. The molecule has 0 unspecified atom stereocenters. The molecular formula is C26H31ClN6O4. The number of benzene rings is 2. The molecule has 0 saturated carbocycles. The molecule has 0 radical (unpaired) electrons. The van der Waals surface area contributed by atoms with Gasteiger partial charge in [0.25, 0.3) is 0 Å². The Kier molecular flexibility index (Phi) is 12.0. The van der Waals surface area contributed by atoms with Crippen molar-refractivity contribution >= 4 is 53.1 Å². The highest BCUT2D eigenvalue weighted by molar-refractivity contribution is 5.91. The van der Waals surface area contributed by atoms with E-state index in [4.69, 9.17) is 5.21 Å². The normalized spacial score (nSPS) is 10.1. The SMILES string of the molecule is CC(=O)Nc1ccc(-c2ccnc(Nc3cccc(NC(=O)CCCCCCC(=O)NO)c3)n2)cc1.Cl. The van der Waals surface area contributed by atoms with Crippen LogP contribution in [-0.2, 0) is 14.4 Å². The predicted molar refractivity (Wildman–Crippen MR) is 145 cm³/mol. The molecule has 1 aromatic heterocycles. The van der Waals surface area contributed by atoms with Crippen LogP contribution in [0.3, 0.4) is 0 Å². The van der Waals surface area contributed by atoms with Crippen molar-refractivity contribution in [1.29, 1.82) is 0 Å². The monoisotopic (exact) mass is 526 g/mol. The number of anilines is 4. The molecule has 2 aromatic carbocycles. The second-order valence-electron chi connectivity index (χ2n) is 8.23. The molecule has 196 valence electrons. The summed E-state index contributed by atoms with van der Waals surface area (Å²) in [5, 5.41) is 17.3. The second-order valence-corrected chi connectivity index (χ2v) is 8.23. The van der Waals surface area contributed by atoms with Gasteiger partial charge in [0.1, 0.15) is 0 Å². The maximum absolute atomic E-state index is 12.3. The lowest BCUT2D eigenvalue weighted by atomic mass is 10.1. The van der Waals surface area contributed by atoms with Crippen LogP contribution < -0.4 is 21.4 Å². The highest BCUT2D eigenvalue weighted by Crippen LogP contribution is 2.23. The van der Waals surface area contributed by atoms with Crippen LogP contribution >= 0.6 is 12.4 Å². The average Bonchev–Trinajstić information content (AvgIpc) is 2.86. The van der Waals surface area contributed by atoms with Gasteiger partial charge in [-0.15, -0.1) is 12.4 Å². The third-order valence-electron chi connectivity index (χ3n) is 5.24. The zero-order chi connectivity index (χ0) is 25.8. The fourth-order valence-corrected chi connectivity index (χ4v) is 3.52. The largest absolute Gasteiger partial charge is 0.326 e. The Hall–Kier alpha value is -4.02. The van der Waals surface area contributed by atoms with Crippen molar-refractivity contribution in [1.82, 2.24) is 15.4 Å². The van der Waals surface area contributed by atoms with Gasteiger partial charge < -0.3 is 16.0 Å². The zero-order valence-corrected chi connectivity index (χ0v) is 21.3. The number of hydrogen-bond acceptors (Lipinski definition) is 7. The third kappa shape index (κ3) is 10.2. The second kappa shape index (κ2) is 15.2. The van der Waals surface area contributed by atoms with Gasteiger partial charge in [-0.3, -0.25) is 19.6 Å². The van der Waals surface area contributed by atoms with Crippen LogP contribution in [0.1, 0.15) is 45.4 Å². The minimum atomic E-state index is -0.393. The summed E-state index contributed by atoms with van der Waals surface area (Å²) in [6.07, 6.45) is 5.37. The predicted octanol–water partition coefficient (Wildman–Crippen LogP) is 5.05. The molecule has 0 saturated heterocycles. The number of rotatable bonds is 12. The van der Waals surface area contributed by atoms with Gasteiger partial charge in [-0.25, -0.2) is 15.4 Å². The molecule has 3 aromatic rings. The van der Waals surface area contributed by atoms with Crippen molar-refractivity contribution in [3.05, 3.63) is 60.8 Å². The van der Waals surface area contributed by atoms with E-state index in [0.29, 0.717) is 30.2 Å². The Morgan fingerprint density at radius 3 is 2.16 bits per heavy atom. The van der Waals surface area contributed by atoms with Crippen LogP contribution in [0.5, 0.6) is 0 Å². The smallest absolute Gasteiger partial charge is 0.243 e.